The van der Waals surface area contributed by atoms with E-state index >= 15 is 0 Å². The number of para-hydroxylation sites is 1. The van der Waals surface area contributed by atoms with E-state index in [1.165, 1.54) is 38.7 Å². The van der Waals surface area contributed by atoms with Crippen LogP contribution in [0.15, 0.2) is 48.8 Å². The molecule has 0 spiro atoms. The number of fused-ring (bicyclic) bond motifs is 1. The molecule has 1 saturated heterocycles. The number of methoxy groups -OCH3 is 1. The summed E-state index contributed by atoms with van der Waals surface area (Å²) in [7, 11) is 2.95. The zero-order valence-corrected chi connectivity index (χ0v) is 30.2. The summed E-state index contributed by atoms with van der Waals surface area (Å²) in [5.74, 6) is -2.59. The molecular weight excluding hydrogens is 728 g/mol. The van der Waals surface area contributed by atoms with E-state index in [4.69, 9.17) is 4.74 Å². The summed E-state index contributed by atoms with van der Waals surface area (Å²) in [5, 5.41) is 28.9. The van der Waals surface area contributed by atoms with Gasteiger partial charge >= 0.3 is 0 Å². The lowest BCUT2D eigenvalue weighted by atomic mass is 10.0. The van der Waals surface area contributed by atoms with Crippen molar-refractivity contribution in [3.8, 4) is 17.1 Å². The number of amides is 7. The van der Waals surface area contributed by atoms with E-state index in [1.807, 2.05) is 0 Å². The van der Waals surface area contributed by atoms with Crippen molar-refractivity contribution in [2.24, 2.45) is 5.92 Å². The number of imide groups is 2. The normalized spacial score (nSPS) is 16.2. The standard InChI is InChI=1S/C36H36N12O8/c1-37-34(53)29-24(15-26(44-45-29)42-32(51)18-6-7-18)41-23-5-3-4-21(30(23)56-2)31-40-17-47(46-31)13-12-38-28(50)16-39-19-8-9-20-22(14-19)36(55)48(35(20)54)25-10-11-27(49)43-33(25)52/h3-5,8-9,14-15,17-18,25,39H,6-7,10-13,16H2,1-2H3,(H,37,53)(H,38,50)(H,43,49,52)(H2,41,42,44,51). The van der Waals surface area contributed by atoms with E-state index in [1.54, 1.807) is 28.9 Å². The summed E-state index contributed by atoms with van der Waals surface area (Å²) < 4.78 is 7.29. The Morgan fingerprint density at radius 1 is 0.946 bits per heavy atom. The number of nitrogens with zero attached hydrogens (tertiary/aromatic N) is 6. The number of carbonyl (C=O) groups excluding carboxylic acids is 7. The predicted molar refractivity (Wildman–Crippen MR) is 197 cm³/mol. The highest BCUT2D eigenvalue weighted by atomic mass is 16.5. The van der Waals surface area contributed by atoms with Crippen LogP contribution in [-0.4, -0.2) is 105 Å². The number of benzene rings is 2. The Morgan fingerprint density at radius 3 is 2.50 bits per heavy atom. The highest BCUT2D eigenvalue weighted by Crippen LogP contribution is 2.37. The minimum absolute atomic E-state index is 0.00117. The molecule has 56 heavy (non-hydrogen) atoms. The maximum absolute atomic E-state index is 13.1. The molecule has 6 N–H and O–H groups in total. The Bertz CT molecular complexity index is 2290. The second-order valence-corrected chi connectivity index (χ2v) is 13.1. The first-order valence-corrected chi connectivity index (χ1v) is 17.6. The van der Waals surface area contributed by atoms with E-state index in [9.17, 15) is 33.6 Å². The van der Waals surface area contributed by atoms with E-state index in [-0.39, 0.29) is 78.5 Å². The van der Waals surface area contributed by atoms with Crippen molar-refractivity contribution in [1.82, 2.24) is 45.8 Å². The molecule has 0 bridgehead atoms. The van der Waals surface area contributed by atoms with Gasteiger partial charge in [-0.25, -0.2) is 4.98 Å². The van der Waals surface area contributed by atoms with Gasteiger partial charge in [-0.1, -0.05) is 6.07 Å². The van der Waals surface area contributed by atoms with Crippen LogP contribution in [-0.2, 0) is 25.7 Å². The topological polar surface area (TPSA) is 261 Å². The number of aromatic nitrogens is 5. The largest absolute Gasteiger partial charge is 0.494 e. The van der Waals surface area contributed by atoms with Gasteiger partial charge in [-0.2, -0.15) is 5.10 Å². The molecule has 1 aliphatic carbocycles. The van der Waals surface area contributed by atoms with Gasteiger partial charge in [-0.05, 0) is 49.6 Å². The summed E-state index contributed by atoms with van der Waals surface area (Å²) in [6, 6.07) is 10.2. The highest BCUT2D eigenvalue weighted by Gasteiger charge is 2.44. The number of carbonyl (C=O) groups is 7. The molecule has 2 aromatic heterocycles. The molecule has 7 amide bonds. The molecule has 2 fully saturated rings. The molecular formula is C36H36N12O8. The summed E-state index contributed by atoms with van der Waals surface area (Å²) in [5.41, 5.74) is 1.92. The Hall–Kier alpha value is -7.25. The van der Waals surface area contributed by atoms with Gasteiger partial charge in [0.15, 0.2) is 23.1 Å². The van der Waals surface area contributed by atoms with E-state index in [0.29, 0.717) is 28.5 Å². The van der Waals surface area contributed by atoms with Gasteiger partial charge in [0, 0.05) is 37.7 Å². The molecule has 4 heterocycles. The molecule has 1 saturated carbocycles. The second kappa shape index (κ2) is 15.6. The Balaban J connectivity index is 0.950. The fraction of sp³-hybridized carbons (Fsp3) is 0.306. The molecule has 288 valence electrons. The molecule has 20 nitrogen and oxygen atoms in total. The molecule has 3 aliphatic rings. The van der Waals surface area contributed by atoms with Gasteiger partial charge in [0.25, 0.3) is 17.7 Å². The van der Waals surface area contributed by atoms with Crippen molar-refractivity contribution in [2.75, 3.05) is 43.2 Å². The van der Waals surface area contributed by atoms with Crippen molar-refractivity contribution in [1.29, 1.82) is 0 Å². The van der Waals surface area contributed by atoms with Gasteiger partial charge in [0.2, 0.25) is 23.6 Å². The summed E-state index contributed by atoms with van der Waals surface area (Å²) in [4.78, 5) is 92.8. The predicted octanol–water partition coefficient (Wildman–Crippen LogP) is 0.825. The lowest BCUT2D eigenvalue weighted by molar-refractivity contribution is -0.136. The number of piperidine rings is 1. The van der Waals surface area contributed by atoms with E-state index in [2.05, 4.69) is 52.2 Å². The van der Waals surface area contributed by atoms with Gasteiger partial charge in [0.1, 0.15) is 12.4 Å². The number of hydrogen-bond donors (Lipinski definition) is 6. The third-order valence-electron chi connectivity index (χ3n) is 9.26. The van der Waals surface area contributed by atoms with Crippen LogP contribution in [0.4, 0.5) is 22.9 Å². The van der Waals surface area contributed by atoms with Crippen LogP contribution in [0, 0.1) is 5.92 Å². The van der Waals surface area contributed by atoms with Crippen molar-refractivity contribution < 1.29 is 38.3 Å². The molecule has 0 radical (unpaired) electrons. The quantitative estimate of drug-likeness (QED) is 0.0973. The number of rotatable bonds is 14. The summed E-state index contributed by atoms with van der Waals surface area (Å²) >= 11 is 0. The van der Waals surface area contributed by atoms with Crippen LogP contribution in [0.3, 0.4) is 0 Å². The summed E-state index contributed by atoms with van der Waals surface area (Å²) in [6.07, 6.45) is 3.20. The van der Waals surface area contributed by atoms with Crippen LogP contribution < -0.4 is 36.6 Å². The van der Waals surface area contributed by atoms with Gasteiger partial charge < -0.3 is 31.3 Å². The van der Waals surface area contributed by atoms with Crippen molar-refractivity contribution >= 4 is 64.2 Å². The van der Waals surface area contributed by atoms with Gasteiger partial charge in [-0.15, -0.1) is 10.2 Å². The van der Waals surface area contributed by atoms with E-state index < -0.39 is 35.6 Å². The third-order valence-corrected chi connectivity index (χ3v) is 9.26. The van der Waals surface area contributed by atoms with Crippen LogP contribution in [0.2, 0.25) is 0 Å². The Kier molecular flexibility index (Phi) is 10.3. The fourth-order valence-corrected chi connectivity index (χ4v) is 6.25. The van der Waals surface area contributed by atoms with Crippen LogP contribution in [0.25, 0.3) is 11.4 Å². The smallest absolute Gasteiger partial charge is 0.273 e. The lowest BCUT2D eigenvalue weighted by Gasteiger charge is -2.27. The SMILES string of the molecule is CNC(=O)c1nnc(NC(=O)C2CC2)cc1Nc1cccc(-c2ncn(CCNC(=O)CNc3ccc4c(c3)C(=O)N(C3CCC(=O)NC3=O)C4=O)n2)c1OC. The first kappa shape index (κ1) is 37.1. The maximum Gasteiger partial charge on any atom is 0.273 e. The Labute approximate surface area is 318 Å². The van der Waals surface area contributed by atoms with Crippen molar-refractivity contribution in [3.63, 3.8) is 0 Å². The first-order valence-electron chi connectivity index (χ1n) is 17.6. The molecule has 1 atom stereocenters. The Morgan fingerprint density at radius 2 is 1.75 bits per heavy atom. The number of ether oxygens (including phenoxy) is 1. The molecule has 4 aromatic rings. The lowest BCUT2D eigenvalue weighted by Crippen LogP contribution is -2.54. The number of hydrogen-bond acceptors (Lipinski definition) is 14. The molecule has 2 aliphatic heterocycles. The van der Waals surface area contributed by atoms with Crippen LogP contribution >= 0.6 is 0 Å². The molecule has 7 rings (SSSR count). The second-order valence-electron chi connectivity index (χ2n) is 13.1. The first-order chi connectivity index (χ1) is 27.0. The zero-order chi connectivity index (χ0) is 39.5. The summed E-state index contributed by atoms with van der Waals surface area (Å²) in [6.45, 7) is 0.343. The average Bonchev–Trinajstić information content (AvgIpc) is 3.90. The van der Waals surface area contributed by atoms with Crippen LogP contribution in [0.5, 0.6) is 5.75 Å². The minimum atomic E-state index is -1.07. The van der Waals surface area contributed by atoms with Crippen LogP contribution in [0.1, 0.15) is 56.9 Å². The van der Waals surface area contributed by atoms with Gasteiger partial charge in [-0.3, -0.25) is 48.5 Å². The maximum atomic E-state index is 13.1. The number of nitrogens with one attached hydrogen (secondary N) is 6. The average molecular weight is 765 g/mol. The molecule has 20 heteroatoms. The highest BCUT2D eigenvalue weighted by molar-refractivity contribution is 6.23. The number of anilines is 4. The molecule has 2 aromatic carbocycles. The van der Waals surface area contributed by atoms with E-state index in [0.717, 1.165) is 17.7 Å². The monoisotopic (exact) mass is 764 g/mol. The minimum Gasteiger partial charge on any atom is -0.494 e. The third kappa shape index (κ3) is 7.70. The van der Waals surface area contributed by atoms with Crippen molar-refractivity contribution in [3.05, 3.63) is 65.6 Å². The zero-order valence-electron chi connectivity index (χ0n) is 30.2. The fourth-order valence-electron chi connectivity index (χ4n) is 6.25. The van der Waals surface area contributed by atoms with Crippen molar-refractivity contribution in [2.45, 2.75) is 38.3 Å². The molecule has 1 unspecified atom stereocenters. The van der Waals surface area contributed by atoms with Gasteiger partial charge in [0.05, 0.1) is 48.3 Å².